The predicted molar refractivity (Wildman–Crippen MR) is 104 cm³/mol. The highest BCUT2D eigenvalue weighted by Gasteiger charge is 2.22. The maximum atomic E-state index is 12.6. The van der Waals surface area contributed by atoms with Gasteiger partial charge >= 0.3 is 0 Å². The fourth-order valence-electron chi connectivity index (χ4n) is 3.22. The Kier molecular flexibility index (Phi) is 4.67. The van der Waals surface area contributed by atoms with E-state index in [1.165, 1.54) is 4.88 Å². The largest absolute Gasteiger partial charge is 0.354 e. The van der Waals surface area contributed by atoms with Crippen molar-refractivity contribution in [2.75, 3.05) is 31.1 Å². The minimum atomic E-state index is 0.139. The smallest absolute Gasteiger partial charge is 0.254 e. The van der Waals surface area contributed by atoms with Crippen molar-refractivity contribution in [2.24, 2.45) is 0 Å². The number of rotatable bonds is 3. The highest BCUT2D eigenvalue weighted by Crippen LogP contribution is 2.31. The van der Waals surface area contributed by atoms with Gasteiger partial charge in [-0.25, -0.2) is 9.97 Å². The Bertz CT molecular complexity index is 874. The van der Waals surface area contributed by atoms with E-state index in [9.17, 15) is 4.79 Å². The third-order valence-electron chi connectivity index (χ3n) is 4.56. The van der Waals surface area contributed by atoms with Crippen LogP contribution in [0.5, 0.6) is 0 Å². The topological polar surface area (TPSA) is 49.3 Å². The van der Waals surface area contributed by atoms with Crippen LogP contribution in [0.1, 0.15) is 28.6 Å². The Morgan fingerprint density at radius 2 is 2.16 bits per heavy atom. The molecule has 5 nitrogen and oxygen atoms in total. The highest BCUT2D eigenvalue weighted by molar-refractivity contribution is 7.18. The van der Waals surface area contributed by atoms with Gasteiger partial charge in [-0.3, -0.25) is 4.79 Å². The molecule has 0 spiro atoms. The summed E-state index contributed by atoms with van der Waals surface area (Å²) in [6.45, 7) is 5.40. The fourth-order valence-corrected chi connectivity index (χ4v) is 4.78. The van der Waals surface area contributed by atoms with Crippen LogP contribution in [0.4, 0.5) is 5.82 Å². The zero-order valence-electron chi connectivity index (χ0n) is 14.1. The SMILES string of the molecule is CCc1cc2c(N3CCCN(C(=O)c4ccsc4)CC3)ncnc2s1. The summed E-state index contributed by atoms with van der Waals surface area (Å²) in [5, 5.41) is 5.02. The molecule has 3 aromatic rings. The van der Waals surface area contributed by atoms with E-state index in [2.05, 4.69) is 27.9 Å². The van der Waals surface area contributed by atoms with Crippen molar-refractivity contribution >= 4 is 44.6 Å². The molecule has 1 amide bonds. The molecule has 0 N–H and O–H groups in total. The molecule has 3 aromatic heterocycles. The van der Waals surface area contributed by atoms with Gasteiger partial charge in [-0.2, -0.15) is 11.3 Å². The van der Waals surface area contributed by atoms with Gasteiger partial charge < -0.3 is 9.80 Å². The van der Waals surface area contributed by atoms with Crippen LogP contribution < -0.4 is 4.90 Å². The van der Waals surface area contributed by atoms with E-state index < -0.39 is 0 Å². The number of aromatic nitrogens is 2. The van der Waals surface area contributed by atoms with E-state index in [1.807, 2.05) is 21.7 Å². The number of hydrogen-bond acceptors (Lipinski definition) is 6. The number of carbonyl (C=O) groups excluding carboxylic acids is 1. The molecule has 0 unspecified atom stereocenters. The fraction of sp³-hybridized carbons (Fsp3) is 0.389. The molecule has 1 aliphatic heterocycles. The quantitative estimate of drug-likeness (QED) is 0.704. The normalized spacial score (nSPS) is 15.6. The first kappa shape index (κ1) is 16.5. The van der Waals surface area contributed by atoms with Crippen LogP contribution in [-0.4, -0.2) is 47.0 Å². The number of amides is 1. The second kappa shape index (κ2) is 7.09. The van der Waals surface area contributed by atoms with Gasteiger partial charge in [-0.1, -0.05) is 6.92 Å². The zero-order valence-corrected chi connectivity index (χ0v) is 15.8. The number of aryl methyl sites for hydroxylation is 1. The molecule has 1 saturated heterocycles. The van der Waals surface area contributed by atoms with Crippen molar-refractivity contribution in [1.29, 1.82) is 0 Å². The van der Waals surface area contributed by atoms with Crippen LogP contribution in [0.2, 0.25) is 0 Å². The highest BCUT2D eigenvalue weighted by atomic mass is 32.1. The van der Waals surface area contributed by atoms with Gasteiger partial charge in [-0.05, 0) is 30.4 Å². The second-order valence-electron chi connectivity index (χ2n) is 6.13. The van der Waals surface area contributed by atoms with Crippen LogP contribution in [0.15, 0.2) is 29.2 Å². The third-order valence-corrected chi connectivity index (χ3v) is 6.43. The summed E-state index contributed by atoms with van der Waals surface area (Å²) in [6, 6.07) is 4.12. The van der Waals surface area contributed by atoms with Crippen molar-refractivity contribution in [3.8, 4) is 0 Å². The Labute approximate surface area is 154 Å². The lowest BCUT2D eigenvalue weighted by molar-refractivity contribution is 0.0767. The predicted octanol–water partition coefficient (Wildman–Crippen LogP) is 3.67. The number of thiophene rings is 2. The molecule has 0 aliphatic carbocycles. The minimum absolute atomic E-state index is 0.139. The second-order valence-corrected chi connectivity index (χ2v) is 8.02. The number of nitrogens with zero attached hydrogens (tertiary/aromatic N) is 4. The van der Waals surface area contributed by atoms with Crippen molar-refractivity contribution in [1.82, 2.24) is 14.9 Å². The Balaban J connectivity index is 1.55. The zero-order chi connectivity index (χ0) is 17.2. The van der Waals surface area contributed by atoms with Gasteiger partial charge in [0.1, 0.15) is 17.0 Å². The summed E-state index contributed by atoms with van der Waals surface area (Å²) < 4.78 is 0. The summed E-state index contributed by atoms with van der Waals surface area (Å²) in [7, 11) is 0. The summed E-state index contributed by atoms with van der Waals surface area (Å²) in [5.41, 5.74) is 0.799. The van der Waals surface area contributed by atoms with Crippen LogP contribution in [0, 0.1) is 0 Å². The Hall–Kier alpha value is -1.99. The lowest BCUT2D eigenvalue weighted by Crippen LogP contribution is -2.35. The first-order chi connectivity index (χ1) is 12.3. The number of carbonyl (C=O) groups is 1. The lowest BCUT2D eigenvalue weighted by Gasteiger charge is -2.23. The number of fused-ring (bicyclic) bond motifs is 1. The van der Waals surface area contributed by atoms with E-state index in [0.29, 0.717) is 0 Å². The number of hydrogen-bond donors (Lipinski definition) is 0. The van der Waals surface area contributed by atoms with Gasteiger partial charge in [0.15, 0.2) is 0 Å². The molecule has 1 fully saturated rings. The average molecular weight is 373 g/mol. The van der Waals surface area contributed by atoms with Crippen molar-refractivity contribution < 1.29 is 4.79 Å². The molecule has 0 radical (unpaired) electrons. The Morgan fingerprint density at radius 1 is 1.24 bits per heavy atom. The molecule has 0 saturated carbocycles. The summed E-state index contributed by atoms with van der Waals surface area (Å²) in [4.78, 5) is 28.2. The third kappa shape index (κ3) is 3.26. The first-order valence-electron chi connectivity index (χ1n) is 8.56. The van der Waals surface area contributed by atoms with E-state index in [-0.39, 0.29) is 5.91 Å². The van der Waals surface area contributed by atoms with Crippen molar-refractivity contribution in [3.63, 3.8) is 0 Å². The lowest BCUT2D eigenvalue weighted by atomic mass is 10.3. The van der Waals surface area contributed by atoms with Crippen LogP contribution in [-0.2, 0) is 6.42 Å². The van der Waals surface area contributed by atoms with Gasteiger partial charge in [-0.15, -0.1) is 11.3 Å². The van der Waals surface area contributed by atoms with Gasteiger partial charge in [0.2, 0.25) is 0 Å². The van der Waals surface area contributed by atoms with E-state index in [1.54, 1.807) is 29.0 Å². The van der Waals surface area contributed by atoms with Crippen LogP contribution >= 0.6 is 22.7 Å². The first-order valence-corrected chi connectivity index (χ1v) is 10.3. The number of anilines is 1. The maximum absolute atomic E-state index is 12.6. The monoisotopic (exact) mass is 372 g/mol. The molecule has 0 atom stereocenters. The summed E-state index contributed by atoms with van der Waals surface area (Å²) >= 11 is 3.31. The minimum Gasteiger partial charge on any atom is -0.354 e. The molecule has 130 valence electrons. The standard InChI is InChI=1S/C18H20N4OS2/c1-2-14-10-15-16(19-12-20-17(15)25-14)21-5-3-6-22(8-7-21)18(23)13-4-9-24-11-13/h4,9-12H,2-3,5-8H2,1H3. The van der Waals surface area contributed by atoms with E-state index >= 15 is 0 Å². The molecule has 4 heterocycles. The molecular weight excluding hydrogens is 352 g/mol. The molecular formula is C18H20N4OS2. The van der Waals surface area contributed by atoms with Gasteiger partial charge in [0.05, 0.1) is 10.9 Å². The van der Waals surface area contributed by atoms with Crippen LogP contribution in [0.3, 0.4) is 0 Å². The Morgan fingerprint density at radius 3 is 2.96 bits per heavy atom. The molecule has 1 aliphatic rings. The van der Waals surface area contributed by atoms with E-state index in [0.717, 1.165) is 60.6 Å². The van der Waals surface area contributed by atoms with E-state index in [4.69, 9.17) is 0 Å². The molecule has 25 heavy (non-hydrogen) atoms. The summed E-state index contributed by atoms with van der Waals surface area (Å²) in [6.07, 6.45) is 3.63. The van der Waals surface area contributed by atoms with Crippen molar-refractivity contribution in [2.45, 2.75) is 19.8 Å². The van der Waals surface area contributed by atoms with Gasteiger partial charge in [0, 0.05) is 36.4 Å². The van der Waals surface area contributed by atoms with Gasteiger partial charge in [0.25, 0.3) is 5.91 Å². The molecule has 0 aromatic carbocycles. The molecule has 0 bridgehead atoms. The van der Waals surface area contributed by atoms with Crippen LogP contribution in [0.25, 0.3) is 10.2 Å². The molecule has 7 heteroatoms. The average Bonchev–Trinajstić information content (AvgIpc) is 3.25. The summed E-state index contributed by atoms with van der Waals surface area (Å²) in [5.74, 6) is 1.14. The maximum Gasteiger partial charge on any atom is 0.254 e. The molecule has 4 rings (SSSR count). The van der Waals surface area contributed by atoms with Crippen molar-refractivity contribution in [3.05, 3.63) is 39.7 Å².